The maximum absolute atomic E-state index is 12.2. The van der Waals surface area contributed by atoms with Gasteiger partial charge in [0.05, 0.1) is 6.04 Å². The molecule has 0 aromatic carbocycles. The Morgan fingerprint density at radius 1 is 1.00 bits per heavy atom. The number of hydrogen-bond donors (Lipinski definition) is 1. The average molecular weight is 213 g/mol. The van der Waals surface area contributed by atoms with Crippen molar-refractivity contribution in [1.29, 1.82) is 0 Å². The van der Waals surface area contributed by atoms with Crippen LogP contribution in [0.1, 0.15) is 55.4 Å². The molecule has 1 N–H and O–H groups in total. The molecule has 90 valence electrons. The second kappa shape index (κ2) is 4.65. The lowest BCUT2D eigenvalue weighted by atomic mass is 9.81. The molecule has 0 rings (SSSR count). The number of carbonyl (C=O) groups excluding carboxylic acids is 1. The lowest BCUT2D eigenvalue weighted by molar-refractivity contribution is -0.130. The summed E-state index contributed by atoms with van der Waals surface area (Å²) >= 11 is 0. The number of carbonyl (C=O) groups is 1. The van der Waals surface area contributed by atoms with E-state index in [2.05, 4.69) is 39.9 Å². The van der Waals surface area contributed by atoms with Gasteiger partial charge in [0.25, 0.3) is 0 Å². The van der Waals surface area contributed by atoms with Gasteiger partial charge in [-0.15, -0.1) is 0 Å². The number of nitrogens with one attached hydrogen (secondary N) is 1. The molecule has 0 amide bonds. The lowest BCUT2D eigenvalue weighted by Gasteiger charge is -2.34. The van der Waals surface area contributed by atoms with E-state index >= 15 is 0 Å². The quantitative estimate of drug-likeness (QED) is 0.781. The first-order valence-corrected chi connectivity index (χ1v) is 5.77. The van der Waals surface area contributed by atoms with Gasteiger partial charge in [0.15, 0.2) is 5.78 Å². The zero-order valence-electron chi connectivity index (χ0n) is 11.6. The van der Waals surface area contributed by atoms with Crippen molar-refractivity contribution in [3.63, 3.8) is 0 Å². The second-order valence-corrected chi connectivity index (χ2v) is 6.73. The smallest absolute Gasteiger partial charge is 0.155 e. The van der Waals surface area contributed by atoms with E-state index in [-0.39, 0.29) is 17.0 Å². The van der Waals surface area contributed by atoms with Gasteiger partial charge < -0.3 is 5.32 Å². The van der Waals surface area contributed by atoms with Gasteiger partial charge in [-0.2, -0.15) is 0 Å². The van der Waals surface area contributed by atoms with Crippen LogP contribution in [-0.2, 0) is 4.79 Å². The third kappa shape index (κ3) is 5.31. The summed E-state index contributed by atoms with van der Waals surface area (Å²) in [5.41, 5.74) is -0.289. The predicted molar refractivity (Wildman–Crippen MR) is 66.0 cm³/mol. The molecule has 2 heteroatoms. The lowest BCUT2D eigenvalue weighted by Crippen LogP contribution is -2.53. The standard InChI is InChI=1S/C13H27NO/c1-9(2)10(14-13(6,7)8)11(15)12(3,4)5/h9-10,14H,1-8H3/t10-/m1/s1. The van der Waals surface area contributed by atoms with Gasteiger partial charge in [0, 0.05) is 11.0 Å². The summed E-state index contributed by atoms with van der Waals surface area (Å²) in [5, 5.41) is 3.41. The maximum Gasteiger partial charge on any atom is 0.155 e. The fraction of sp³-hybridized carbons (Fsp3) is 0.923. The Hall–Kier alpha value is -0.370. The highest BCUT2D eigenvalue weighted by atomic mass is 16.1. The Morgan fingerprint density at radius 2 is 1.40 bits per heavy atom. The number of hydrogen-bond acceptors (Lipinski definition) is 2. The van der Waals surface area contributed by atoms with Gasteiger partial charge in [0.1, 0.15) is 0 Å². The van der Waals surface area contributed by atoms with Crippen LogP contribution in [0.4, 0.5) is 0 Å². The van der Waals surface area contributed by atoms with E-state index < -0.39 is 0 Å². The summed E-state index contributed by atoms with van der Waals surface area (Å²) in [5.74, 6) is 0.628. The highest BCUT2D eigenvalue weighted by Gasteiger charge is 2.33. The third-order valence-corrected chi connectivity index (χ3v) is 2.28. The Bertz CT molecular complexity index is 218. The van der Waals surface area contributed by atoms with E-state index in [1.807, 2.05) is 20.8 Å². The molecule has 0 aliphatic heterocycles. The Balaban J connectivity index is 4.77. The highest BCUT2D eigenvalue weighted by Crippen LogP contribution is 2.21. The van der Waals surface area contributed by atoms with Crippen molar-refractivity contribution in [3.8, 4) is 0 Å². The molecular weight excluding hydrogens is 186 g/mol. The first-order valence-electron chi connectivity index (χ1n) is 5.77. The Labute approximate surface area is 94.8 Å². The molecule has 0 spiro atoms. The molecule has 0 aromatic heterocycles. The van der Waals surface area contributed by atoms with Crippen LogP contribution in [-0.4, -0.2) is 17.4 Å². The molecular formula is C13H27NO. The van der Waals surface area contributed by atoms with Crippen LogP contribution in [0.3, 0.4) is 0 Å². The van der Waals surface area contributed by atoms with Gasteiger partial charge in [-0.25, -0.2) is 0 Å². The van der Waals surface area contributed by atoms with E-state index in [0.717, 1.165) is 0 Å². The van der Waals surface area contributed by atoms with Crippen molar-refractivity contribution in [3.05, 3.63) is 0 Å². The molecule has 0 saturated carbocycles. The molecule has 0 radical (unpaired) electrons. The first kappa shape index (κ1) is 14.6. The molecule has 2 nitrogen and oxygen atoms in total. The van der Waals surface area contributed by atoms with Crippen LogP contribution in [0.5, 0.6) is 0 Å². The van der Waals surface area contributed by atoms with Gasteiger partial charge in [-0.05, 0) is 26.7 Å². The summed E-state index contributed by atoms with van der Waals surface area (Å²) < 4.78 is 0. The van der Waals surface area contributed by atoms with Crippen LogP contribution in [0.15, 0.2) is 0 Å². The minimum Gasteiger partial charge on any atom is -0.302 e. The molecule has 0 aliphatic carbocycles. The number of Topliss-reactive ketones (excluding diaryl/α,β-unsaturated/α-hetero) is 1. The fourth-order valence-corrected chi connectivity index (χ4v) is 1.47. The van der Waals surface area contributed by atoms with E-state index in [0.29, 0.717) is 11.7 Å². The van der Waals surface area contributed by atoms with Crippen LogP contribution < -0.4 is 5.32 Å². The summed E-state index contributed by atoms with van der Waals surface area (Å²) in [6.45, 7) is 16.4. The summed E-state index contributed by atoms with van der Waals surface area (Å²) in [7, 11) is 0. The number of rotatable bonds is 3. The molecule has 0 heterocycles. The predicted octanol–water partition coefficient (Wildman–Crippen LogP) is 3.01. The Morgan fingerprint density at radius 3 is 1.60 bits per heavy atom. The van der Waals surface area contributed by atoms with Crippen molar-refractivity contribution in [2.45, 2.75) is 67.0 Å². The first-order chi connectivity index (χ1) is 6.45. The summed E-state index contributed by atoms with van der Waals surface area (Å²) in [6.07, 6.45) is 0. The third-order valence-electron chi connectivity index (χ3n) is 2.28. The molecule has 0 unspecified atom stereocenters. The van der Waals surface area contributed by atoms with Crippen LogP contribution in [0.25, 0.3) is 0 Å². The normalized spacial score (nSPS) is 15.5. The topological polar surface area (TPSA) is 29.1 Å². The van der Waals surface area contributed by atoms with Gasteiger partial charge in [-0.3, -0.25) is 4.79 Å². The van der Waals surface area contributed by atoms with Gasteiger partial charge >= 0.3 is 0 Å². The monoisotopic (exact) mass is 213 g/mol. The second-order valence-electron chi connectivity index (χ2n) is 6.73. The van der Waals surface area contributed by atoms with E-state index in [1.54, 1.807) is 0 Å². The van der Waals surface area contributed by atoms with Crippen molar-refractivity contribution < 1.29 is 4.79 Å². The largest absolute Gasteiger partial charge is 0.302 e. The molecule has 1 atom stereocenters. The van der Waals surface area contributed by atoms with Gasteiger partial charge in [0.2, 0.25) is 0 Å². The SMILES string of the molecule is CC(C)[C@@H](NC(C)(C)C)C(=O)C(C)(C)C. The number of ketones is 1. The van der Waals surface area contributed by atoms with E-state index in [4.69, 9.17) is 0 Å². The fourth-order valence-electron chi connectivity index (χ4n) is 1.47. The molecule has 0 fully saturated rings. The Kier molecular flexibility index (Phi) is 4.53. The van der Waals surface area contributed by atoms with E-state index in [9.17, 15) is 4.79 Å². The average Bonchev–Trinajstić information content (AvgIpc) is 1.94. The molecule has 0 bridgehead atoms. The van der Waals surface area contributed by atoms with Crippen molar-refractivity contribution in [2.75, 3.05) is 0 Å². The molecule has 15 heavy (non-hydrogen) atoms. The highest BCUT2D eigenvalue weighted by molar-refractivity contribution is 5.89. The van der Waals surface area contributed by atoms with Crippen LogP contribution >= 0.6 is 0 Å². The van der Waals surface area contributed by atoms with Crippen molar-refractivity contribution in [1.82, 2.24) is 5.32 Å². The van der Waals surface area contributed by atoms with Gasteiger partial charge in [-0.1, -0.05) is 34.6 Å². The zero-order valence-corrected chi connectivity index (χ0v) is 11.6. The van der Waals surface area contributed by atoms with Crippen molar-refractivity contribution in [2.24, 2.45) is 11.3 Å². The maximum atomic E-state index is 12.2. The minimum absolute atomic E-state index is 0.0180. The van der Waals surface area contributed by atoms with Crippen LogP contribution in [0.2, 0.25) is 0 Å². The zero-order chi connectivity index (χ0) is 12.4. The minimum atomic E-state index is -0.271. The summed E-state index contributed by atoms with van der Waals surface area (Å²) in [6, 6.07) is -0.0509. The molecule has 0 aromatic rings. The van der Waals surface area contributed by atoms with Crippen LogP contribution in [0, 0.1) is 11.3 Å². The summed E-state index contributed by atoms with van der Waals surface area (Å²) in [4.78, 5) is 12.2. The van der Waals surface area contributed by atoms with E-state index in [1.165, 1.54) is 0 Å². The molecule has 0 aliphatic rings. The molecule has 0 saturated heterocycles. The van der Waals surface area contributed by atoms with Crippen molar-refractivity contribution >= 4 is 5.78 Å².